The molecule has 2 unspecified atom stereocenters. The van der Waals surface area contributed by atoms with Crippen LogP contribution in [-0.2, 0) is 19.4 Å². The fourth-order valence-corrected chi connectivity index (χ4v) is 4.15. The number of aliphatic hydroxyl groups is 1. The number of hydrogen-bond acceptors (Lipinski definition) is 3. The first-order valence-electron chi connectivity index (χ1n) is 6.62. The molecular formula is C13H20N2OS. The van der Waals surface area contributed by atoms with Gasteiger partial charge in [0.15, 0.2) is 0 Å². The second-order valence-electron chi connectivity index (χ2n) is 5.23. The van der Waals surface area contributed by atoms with Gasteiger partial charge in [0, 0.05) is 43.4 Å². The summed E-state index contributed by atoms with van der Waals surface area (Å²) in [6.07, 6.45) is 8.19. The third kappa shape index (κ3) is 2.52. The Hall–Kier alpha value is -0.480. The van der Waals surface area contributed by atoms with Gasteiger partial charge >= 0.3 is 0 Å². The van der Waals surface area contributed by atoms with Crippen LogP contribution in [0.2, 0.25) is 0 Å². The van der Waals surface area contributed by atoms with Crippen molar-refractivity contribution >= 4 is 11.8 Å². The molecule has 1 aromatic heterocycles. The predicted molar refractivity (Wildman–Crippen MR) is 70.3 cm³/mol. The highest BCUT2D eigenvalue weighted by Crippen LogP contribution is 2.29. The first kappa shape index (κ1) is 11.6. The Morgan fingerprint density at radius 2 is 2.41 bits per heavy atom. The zero-order chi connectivity index (χ0) is 11.7. The Labute approximate surface area is 107 Å². The summed E-state index contributed by atoms with van der Waals surface area (Å²) in [4.78, 5) is 4.75. The monoisotopic (exact) mass is 252 g/mol. The molecule has 0 aliphatic carbocycles. The fraction of sp³-hybridized carbons (Fsp3) is 0.769. The van der Waals surface area contributed by atoms with E-state index >= 15 is 0 Å². The molecule has 3 nitrogen and oxygen atoms in total. The molecule has 1 saturated heterocycles. The summed E-state index contributed by atoms with van der Waals surface area (Å²) in [5.74, 6) is 2.99. The molecule has 17 heavy (non-hydrogen) atoms. The van der Waals surface area contributed by atoms with Gasteiger partial charge in [-0.2, -0.15) is 11.8 Å². The molecule has 3 heterocycles. The van der Waals surface area contributed by atoms with Crippen LogP contribution in [0.25, 0.3) is 0 Å². The summed E-state index contributed by atoms with van der Waals surface area (Å²) in [5, 5.41) is 10.0. The number of rotatable bonds is 3. The number of hydrogen-bond donors (Lipinski definition) is 1. The third-order valence-electron chi connectivity index (χ3n) is 3.86. The molecule has 0 saturated carbocycles. The van der Waals surface area contributed by atoms with Gasteiger partial charge in [0.1, 0.15) is 5.82 Å². The highest BCUT2D eigenvalue weighted by Gasteiger charge is 2.22. The van der Waals surface area contributed by atoms with Crippen molar-refractivity contribution in [3.8, 4) is 0 Å². The summed E-state index contributed by atoms with van der Waals surface area (Å²) >= 11 is 2.10. The van der Waals surface area contributed by atoms with Crippen LogP contribution >= 0.6 is 11.8 Å². The van der Waals surface area contributed by atoms with Gasteiger partial charge in [0.2, 0.25) is 0 Å². The van der Waals surface area contributed by atoms with Gasteiger partial charge in [-0.1, -0.05) is 0 Å². The molecule has 2 atom stereocenters. The molecule has 0 radical (unpaired) electrons. The quantitative estimate of drug-likeness (QED) is 0.892. The average Bonchev–Trinajstić information content (AvgIpc) is 2.96. The number of aromatic nitrogens is 2. The van der Waals surface area contributed by atoms with Gasteiger partial charge in [-0.15, -0.1) is 0 Å². The summed E-state index contributed by atoms with van der Waals surface area (Å²) in [6, 6.07) is 0. The number of aliphatic hydroxyl groups excluding tert-OH is 1. The molecule has 4 heteroatoms. The molecule has 1 fully saturated rings. The summed E-state index contributed by atoms with van der Waals surface area (Å²) < 4.78 is 2.26. The van der Waals surface area contributed by atoms with Crippen molar-refractivity contribution in [1.82, 2.24) is 9.55 Å². The van der Waals surface area contributed by atoms with Gasteiger partial charge in [-0.25, -0.2) is 4.98 Å². The fourth-order valence-electron chi connectivity index (χ4n) is 2.86. The average molecular weight is 252 g/mol. The van der Waals surface area contributed by atoms with E-state index in [4.69, 9.17) is 4.98 Å². The van der Waals surface area contributed by atoms with Crippen LogP contribution in [0.5, 0.6) is 0 Å². The Balaban J connectivity index is 1.69. The third-order valence-corrected chi connectivity index (χ3v) is 5.26. The summed E-state index contributed by atoms with van der Waals surface area (Å²) in [7, 11) is 0. The largest absolute Gasteiger partial charge is 0.396 e. The van der Waals surface area contributed by atoms with Crippen molar-refractivity contribution in [3.05, 3.63) is 17.7 Å². The molecule has 1 N–H and O–H groups in total. The van der Waals surface area contributed by atoms with E-state index < -0.39 is 0 Å². The van der Waals surface area contributed by atoms with Crippen molar-refractivity contribution in [3.63, 3.8) is 0 Å². The highest BCUT2D eigenvalue weighted by molar-refractivity contribution is 8.00. The van der Waals surface area contributed by atoms with E-state index in [2.05, 4.69) is 22.5 Å². The number of fused-ring (bicyclic) bond motifs is 1. The van der Waals surface area contributed by atoms with Gasteiger partial charge in [-0.05, 0) is 25.0 Å². The molecule has 1 aromatic rings. The summed E-state index contributed by atoms with van der Waals surface area (Å²) in [5.41, 5.74) is 1.26. The molecular weight excluding hydrogens is 232 g/mol. The van der Waals surface area contributed by atoms with Crippen LogP contribution in [-0.4, -0.2) is 32.3 Å². The van der Waals surface area contributed by atoms with E-state index in [0.717, 1.165) is 31.1 Å². The number of imidazole rings is 1. The number of thioether (sulfide) groups is 1. The van der Waals surface area contributed by atoms with Crippen molar-refractivity contribution in [1.29, 1.82) is 0 Å². The Kier molecular flexibility index (Phi) is 3.43. The molecule has 94 valence electrons. The van der Waals surface area contributed by atoms with Crippen LogP contribution in [0.15, 0.2) is 6.20 Å². The minimum absolute atomic E-state index is 0.311. The molecule has 0 aromatic carbocycles. The van der Waals surface area contributed by atoms with E-state index in [-0.39, 0.29) is 0 Å². The molecule has 2 aliphatic rings. The SMILES string of the molecule is OCC1CCc2nc(CC3CCCS3)cn2C1. The maximum absolute atomic E-state index is 9.22. The zero-order valence-corrected chi connectivity index (χ0v) is 11.0. The Bertz CT molecular complexity index is 385. The number of nitrogens with zero attached hydrogens (tertiary/aromatic N) is 2. The van der Waals surface area contributed by atoms with Crippen molar-refractivity contribution in [2.75, 3.05) is 12.4 Å². The van der Waals surface area contributed by atoms with Crippen LogP contribution in [0, 0.1) is 5.92 Å². The smallest absolute Gasteiger partial charge is 0.108 e. The highest BCUT2D eigenvalue weighted by atomic mass is 32.2. The lowest BCUT2D eigenvalue weighted by Crippen LogP contribution is -2.22. The van der Waals surface area contributed by atoms with Gasteiger partial charge < -0.3 is 9.67 Å². The van der Waals surface area contributed by atoms with E-state index in [1.54, 1.807) is 0 Å². The molecule has 2 aliphatic heterocycles. The van der Waals surface area contributed by atoms with E-state index in [0.29, 0.717) is 12.5 Å². The molecule has 0 bridgehead atoms. The zero-order valence-electron chi connectivity index (χ0n) is 10.1. The maximum Gasteiger partial charge on any atom is 0.108 e. The van der Waals surface area contributed by atoms with E-state index in [1.807, 2.05) is 0 Å². The van der Waals surface area contributed by atoms with Crippen LogP contribution < -0.4 is 0 Å². The van der Waals surface area contributed by atoms with Gasteiger partial charge in [-0.3, -0.25) is 0 Å². The van der Waals surface area contributed by atoms with Crippen molar-refractivity contribution in [2.45, 2.75) is 43.9 Å². The second-order valence-corrected chi connectivity index (χ2v) is 6.64. The Morgan fingerprint density at radius 1 is 1.47 bits per heavy atom. The standard InChI is InChI=1S/C13H20N2OS/c16-9-10-3-4-13-14-11(8-15(13)7-10)6-12-2-1-5-17-12/h8,10,12,16H,1-7,9H2. The molecule has 3 rings (SSSR count). The first-order valence-corrected chi connectivity index (χ1v) is 7.67. The topological polar surface area (TPSA) is 38.1 Å². The molecule has 0 spiro atoms. The van der Waals surface area contributed by atoms with Crippen molar-refractivity contribution in [2.24, 2.45) is 5.92 Å². The minimum Gasteiger partial charge on any atom is -0.396 e. The summed E-state index contributed by atoms with van der Waals surface area (Å²) in [6.45, 7) is 1.27. The first-order chi connectivity index (χ1) is 8.35. The predicted octanol–water partition coefficient (Wildman–Crippen LogP) is 1.88. The Morgan fingerprint density at radius 3 is 3.18 bits per heavy atom. The normalized spacial score (nSPS) is 28.3. The van der Waals surface area contributed by atoms with Crippen molar-refractivity contribution < 1.29 is 5.11 Å². The van der Waals surface area contributed by atoms with Gasteiger partial charge in [0.25, 0.3) is 0 Å². The van der Waals surface area contributed by atoms with E-state index in [1.165, 1.54) is 30.1 Å². The van der Waals surface area contributed by atoms with Crippen LogP contribution in [0.4, 0.5) is 0 Å². The second kappa shape index (κ2) is 5.02. The molecule has 0 amide bonds. The lowest BCUT2D eigenvalue weighted by molar-refractivity contribution is 0.190. The minimum atomic E-state index is 0.311. The lowest BCUT2D eigenvalue weighted by Gasteiger charge is -2.21. The lowest BCUT2D eigenvalue weighted by atomic mass is 10.0. The number of aryl methyl sites for hydroxylation is 1. The van der Waals surface area contributed by atoms with Crippen LogP contribution in [0.1, 0.15) is 30.8 Å². The maximum atomic E-state index is 9.22. The van der Waals surface area contributed by atoms with E-state index in [9.17, 15) is 5.11 Å². The van der Waals surface area contributed by atoms with Gasteiger partial charge in [0.05, 0.1) is 5.69 Å². The van der Waals surface area contributed by atoms with Crippen LogP contribution in [0.3, 0.4) is 0 Å².